The fourth-order valence-electron chi connectivity index (χ4n) is 2.56. The van der Waals surface area contributed by atoms with Crippen molar-refractivity contribution < 1.29 is 4.79 Å². The molecule has 0 saturated heterocycles. The van der Waals surface area contributed by atoms with E-state index >= 15 is 0 Å². The summed E-state index contributed by atoms with van der Waals surface area (Å²) in [6.45, 7) is 5.10. The maximum absolute atomic E-state index is 12.3. The molecule has 1 aliphatic carbocycles. The lowest BCUT2D eigenvalue weighted by Crippen LogP contribution is -2.23. The second-order valence-corrected chi connectivity index (χ2v) is 5.09. The molecule has 1 saturated carbocycles. The van der Waals surface area contributed by atoms with Gasteiger partial charge in [0.2, 0.25) is 0 Å². The van der Waals surface area contributed by atoms with E-state index in [0.717, 1.165) is 31.4 Å². The van der Waals surface area contributed by atoms with E-state index < -0.39 is 0 Å². The topological polar surface area (TPSA) is 34.9 Å². The fraction of sp³-hybridized carbons (Fsp3) is 0.692. The lowest BCUT2D eigenvalue weighted by molar-refractivity contribution is 0.0823. The Morgan fingerprint density at radius 1 is 1.50 bits per heavy atom. The number of nitrogens with zero attached hydrogens (tertiary/aromatic N) is 2. The molecule has 3 heteroatoms. The van der Waals surface area contributed by atoms with Crippen LogP contribution in [0.1, 0.15) is 56.3 Å². The minimum absolute atomic E-state index is 0.125. The van der Waals surface area contributed by atoms with Gasteiger partial charge in [0.1, 0.15) is 0 Å². The van der Waals surface area contributed by atoms with Gasteiger partial charge < -0.3 is 0 Å². The standard InChI is InChI=1S/C13H20N2O/c1-3-8-15-10-11(9-14-15)12(16)13(2)6-4-5-7-13/h9-10H,3-8H2,1-2H3. The zero-order valence-corrected chi connectivity index (χ0v) is 10.2. The highest BCUT2D eigenvalue weighted by Gasteiger charge is 2.37. The van der Waals surface area contributed by atoms with Crippen molar-refractivity contribution in [2.75, 3.05) is 0 Å². The maximum atomic E-state index is 12.3. The summed E-state index contributed by atoms with van der Waals surface area (Å²) >= 11 is 0. The highest BCUT2D eigenvalue weighted by atomic mass is 16.1. The van der Waals surface area contributed by atoms with Gasteiger partial charge >= 0.3 is 0 Å². The van der Waals surface area contributed by atoms with Gasteiger partial charge in [0.25, 0.3) is 0 Å². The lowest BCUT2D eigenvalue weighted by Gasteiger charge is -2.20. The number of rotatable bonds is 4. The molecule has 1 aromatic heterocycles. The van der Waals surface area contributed by atoms with Crippen molar-refractivity contribution >= 4 is 5.78 Å². The van der Waals surface area contributed by atoms with E-state index in [2.05, 4.69) is 18.9 Å². The van der Waals surface area contributed by atoms with Crippen LogP contribution in [0.5, 0.6) is 0 Å². The third kappa shape index (κ3) is 2.04. The molecule has 0 radical (unpaired) electrons. The van der Waals surface area contributed by atoms with Crippen molar-refractivity contribution in [3.8, 4) is 0 Å². The summed E-state index contributed by atoms with van der Waals surface area (Å²) in [6.07, 6.45) is 9.11. The van der Waals surface area contributed by atoms with Crippen molar-refractivity contribution in [2.45, 2.75) is 52.5 Å². The van der Waals surface area contributed by atoms with Gasteiger partial charge in [-0.15, -0.1) is 0 Å². The van der Waals surface area contributed by atoms with Crippen molar-refractivity contribution in [1.29, 1.82) is 0 Å². The lowest BCUT2D eigenvalue weighted by atomic mass is 9.82. The van der Waals surface area contributed by atoms with Crippen molar-refractivity contribution in [3.63, 3.8) is 0 Å². The molecule has 3 nitrogen and oxygen atoms in total. The summed E-state index contributed by atoms with van der Waals surface area (Å²) in [5, 5.41) is 4.23. The molecule has 0 N–H and O–H groups in total. The highest BCUT2D eigenvalue weighted by Crippen LogP contribution is 2.40. The molecule has 1 fully saturated rings. The van der Waals surface area contributed by atoms with Crippen molar-refractivity contribution in [1.82, 2.24) is 9.78 Å². The van der Waals surface area contributed by atoms with Crippen LogP contribution in [-0.4, -0.2) is 15.6 Å². The van der Waals surface area contributed by atoms with Gasteiger partial charge in [-0.3, -0.25) is 9.48 Å². The molecule has 1 heterocycles. The van der Waals surface area contributed by atoms with Gasteiger partial charge in [0, 0.05) is 18.2 Å². The second kappa shape index (κ2) is 4.40. The van der Waals surface area contributed by atoms with Gasteiger partial charge in [-0.1, -0.05) is 26.7 Å². The molecule has 0 spiro atoms. The molecule has 0 atom stereocenters. The molecule has 0 amide bonds. The molecule has 1 aromatic rings. The minimum Gasteiger partial charge on any atom is -0.293 e. The number of hydrogen-bond acceptors (Lipinski definition) is 2. The molecular weight excluding hydrogens is 200 g/mol. The first-order valence-electron chi connectivity index (χ1n) is 6.23. The molecule has 0 aromatic carbocycles. The van der Waals surface area contributed by atoms with Crippen LogP contribution in [0.2, 0.25) is 0 Å². The van der Waals surface area contributed by atoms with Gasteiger partial charge in [-0.2, -0.15) is 5.10 Å². The Kier molecular flexibility index (Phi) is 3.13. The van der Waals surface area contributed by atoms with Crippen molar-refractivity contribution in [3.05, 3.63) is 18.0 Å². The predicted molar refractivity (Wildman–Crippen MR) is 63.4 cm³/mol. The summed E-state index contributed by atoms with van der Waals surface area (Å²) in [6, 6.07) is 0. The SMILES string of the molecule is CCCn1cc(C(=O)C2(C)CCCC2)cn1. The number of aromatic nitrogens is 2. The van der Waals surface area contributed by atoms with Crippen LogP contribution in [-0.2, 0) is 6.54 Å². The Morgan fingerprint density at radius 2 is 2.19 bits per heavy atom. The number of aryl methyl sites for hydroxylation is 1. The maximum Gasteiger partial charge on any atom is 0.171 e. The second-order valence-electron chi connectivity index (χ2n) is 5.09. The first-order chi connectivity index (χ1) is 7.65. The van der Waals surface area contributed by atoms with Crippen LogP contribution in [0.25, 0.3) is 0 Å². The minimum atomic E-state index is -0.125. The normalized spacial score (nSPS) is 18.9. The molecule has 16 heavy (non-hydrogen) atoms. The van der Waals surface area contributed by atoms with Crippen LogP contribution < -0.4 is 0 Å². The monoisotopic (exact) mass is 220 g/mol. The fourth-order valence-corrected chi connectivity index (χ4v) is 2.56. The summed E-state index contributed by atoms with van der Waals surface area (Å²) in [7, 11) is 0. The summed E-state index contributed by atoms with van der Waals surface area (Å²) in [5.74, 6) is 0.285. The Labute approximate surface area is 96.8 Å². The van der Waals surface area contributed by atoms with E-state index in [1.54, 1.807) is 6.20 Å². The zero-order valence-electron chi connectivity index (χ0n) is 10.2. The number of Topliss-reactive ketones (excluding diaryl/α,β-unsaturated/α-hetero) is 1. The number of ketones is 1. The number of carbonyl (C=O) groups is 1. The Morgan fingerprint density at radius 3 is 2.81 bits per heavy atom. The van der Waals surface area contributed by atoms with Crippen LogP contribution in [0.15, 0.2) is 12.4 Å². The molecule has 0 unspecified atom stereocenters. The average molecular weight is 220 g/mol. The Bertz CT molecular complexity index is 375. The zero-order chi connectivity index (χ0) is 11.6. The molecule has 2 rings (SSSR count). The number of hydrogen-bond donors (Lipinski definition) is 0. The average Bonchev–Trinajstić information content (AvgIpc) is 2.88. The molecular formula is C13H20N2O. The van der Waals surface area contributed by atoms with E-state index in [-0.39, 0.29) is 11.2 Å². The molecule has 0 bridgehead atoms. The molecule has 1 aliphatic rings. The number of carbonyl (C=O) groups excluding carboxylic acids is 1. The first kappa shape index (κ1) is 11.4. The summed E-state index contributed by atoms with van der Waals surface area (Å²) < 4.78 is 1.87. The van der Waals surface area contributed by atoms with Crippen LogP contribution >= 0.6 is 0 Å². The Hall–Kier alpha value is -1.12. The van der Waals surface area contributed by atoms with Crippen LogP contribution in [0, 0.1) is 5.41 Å². The third-order valence-corrected chi connectivity index (χ3v) is 3.60. The van der Waals surface area contributed by atoms with Gasteiger partial charge in [0.05, 0.1) is 11.8 Å². The van der Waals surface area contributed by atoms with Gasteiger partial charge in [0.15, 0.2) is 5.78 Å². The van der Waals surface area contributed by atoms with Crippen LogP contribution in [0.4, 0.5) is 0 Å². The molecule has 88 valence electrons. The highest BCUT2D eigenvalue weighted by molar-refractivity contribution is 6.00. The summed E-state index contributed by atoms with van der Waals surface area (Å²) in [5.41, 5.74) is 0.665. The Balaban J connectivity index is 2.13. The van der Waals surface area contributed by atoms with Crippen molar-refractivity contribution in [2.24, 2.45) is 5.41 Å². The van der Waals surface area contributed by atoms with E-state index in [1.165, 1.54) is 12.8 Å². The molecule has 0 aliphatic heterocycles. The van der Waals surface area contributed by atoms with E-state index in [0.29, 0.717) is 0 Å². The first-order valence-corrected chi connectivity index (χ1v) is 6.23. The predicted octanol–water partition coefficient (Wildman–Crippen LogP) is 3.06. The third-order valence-electron chi connectivity index (χ3n) is 3.60. The van der Waals surface area contributed by atoms with Crippen LogP contribution in [0.3, 0.4) is 0 Å². The smallest absolute Gasteiger partial charge is 0.171 e. The van der Waals surface area contributed by atoms with E-state index in [1.807, 2.05) is 10.9 Å². The quantitative estimate of drug-likeness (QED) is 0.731. The van der Waals surface area contributed by atoms with E-state index in [9.17, 15) is 4.79 Å². The van der Waals surface area contributed by atoms with E-state index in [4.69, 9.17) is 0 Å². The van der Waals surface area contributed by atoms with Gasteiger partial charge in [-0.25, -0.2) is 0 Å². The van der Waals surface area contributed by atoms with Gasteiger partial charge in [-0.05, 0) is 19.3 Å². The largest absolute Gasteiger partial charge is 0.293 e. The summed E-state index contributed by atoms with van der Waals surface area (Å²) in [4.78, 5) is 12.3.